The van der Waals surface area contributed by atoms with Gasteiger partial charge in [0.05, 0.1) is 10.0 Å². The molecule has 0 bridgehead atoms. The van der Waals surface area contributed by atoms with E-state index in [1.807, 2.05) is 6.07 Å². The summed E-state index contributed by atoms with van der Waals surface area (Å²) in [5.74, 6) is -0.487. The first-order valence-corrected chi connectivity index (χ1v) is 6.47. The predicted octanol–water partition coefficient (Wildman–Crippen LogP) is 2.65. The average molecular weight is 332 g/mol. The fourth-order valence-corrected chi connectivity index (χ4v) is 1.99. The molecule has 0 radical (unpaired) electrons. The van der Waals surface area contributed by atoms with E-state index in [9.17, 15) is 4.79 Å². The van der Waals surface area contributed by atoms with Gasteiger partial charge in [0.1, 0.15) is 18.4 Å². The lowest BCUT2D eigenvalue weighted by atomic mass is 10.2. The lowest BCUT2D eigenvalue weighted by molar-refractivity contribution is 0.0471. The molecule has 0 saturated heterocycles. The smallest absolute Gasteiger partial charge is 0.339 e. The molecule has 0 aliphatic rings. The van der Waals surface area contributed by atoms with Crippen LogP contribution in [0.3, 0.4) is 0 Å². The quantitative estimate of drug-likeness (QED) is 0.689. The van der Waals surface area contributed by atoms with Crippen molar-refractivity contribution in [2.45, 2.75) is 6.61 Å². The molecule has 100 valence electrons. The van der Waals surface area contributed by atoms with E-state index in [0.29, 0.717) is 21.3 Å². The second-order valence-electron chi connectivity index (χ2n) is 3.95. The number of nitrogen functional groups attached to an aromatic ring is 1. The minimum absolute atomic E-state index is 0.0667. The number of ether oxygens (including phenoxy) is 1. The summed E-state index contributed by atoms with van der Waals surface area (Å²) in [5, 5.41) is 8.74. The zero-order valence-corrected chi connectivity index (χ0v) is 11.9. The maximum atomic E-state index is 12.0. The van der Waals surface area contributed by atoms with Crippen molar-refractivity contribution in [3.63, 3.8) is 0 Å². The normalized spacial score (nSPS) is 9.80. The third kappa shape index (κ3) is 3.13. The number of nitrogens with two attached hydrogens (primary N) is 1. The number of halogens is 1. The minimum Gasteiger partial charge on any atom is -0.457 e. The summed E-state index contributed by atoms with van der Waals surface area (Å²) in [6, 6.07) is 10.2. The van der Waals surface area contributed by atoms with Crippen molar-refractivity contribution < 1.29 is 9.53 Å². The molecule has 0 spiro atoms. The van der Waals surface area contributed by atoms with Gasteiger partial charge >= 0.3 is 5.97 Å². The van der Waals surface area contributed by atoms with E-state index in [1.165, 1.54) is 6.20 Å². The highest BCUT2D eigenvalue weighted by Crippen LogP contribution is 2.24. The number of benzene rings is 1. The van der Waals surface area contributed by atoms with Gasteiger partial charge in [-0.3, -0.25) is 0 Å². The van der Waals surface area contributed by atoms with Gasteiger partial charge in [-0.05, 0) is 45.8 Å². The van der Waals surface area contributed by atoms with E-state index in [4.69, 9.17) is 15.7 Å². The third-order valence-electron chi connectivity index (χ3n) is 2.56. The van der Waals surface area contributed by atoms with Crippen molar-refractivity contribution in [2.75, 3.05) is 5.73 Å². The van der Waals surface area contributed by atoms with E-state index in [1.54, 1.807) is 30.3 Å². The van der Waals surface area contributed by atoms with Crippen molar-refractivity contribution in [2.24, 2.45) is 0 Å². The molecule has 5 nitrogen and oxygen atoms in total. The SMILES string of the molecule is N#Cc1cc(COC(=O)c2cccc(N)c2Br)ccn1. The Morgan fingerprint density at radius 1 is 1.45 bits per heavy atom. The Morgan fingerprint density at radius 2 is 2.25 bits per heavy atom. The number of hydrogen-bond acceptors (Lipinski definition) is 5. The highest BCUT2D eigenvalue weighted by atomic mass is 79.9. The van der Waals surface area contributed by atoms with Gasteiger partial charge in [0.25, 0.3) is 0 Å². The van der Waals surface area contributed by atoms with Crippen LogP contribution in [-0.4, -0.2) is 11.0 Å². The zero-order valence-electron chi connectivity index (χ0n) is 10.3. The molecule has 0 unspecified atom stereocenters. The molecular formula is C14H10BrN3O2. The number of nitriles is 1. The van der Waals surface area contributed by atoms with Crippen molar-refractivity contribution in [1.29, 1.82) is 5.26 Å². The summed E-state index contributed by atoms with van der Waals surface area (Å²) in [6.07, 6.45) is 1.50. The number of aromatic nitrogens is 1. The minimum atomic E-state index is -0.487. The molecule has 1 aromatic carbocycles. The fraction of sp³-hybridized carbons (Fsp3) is 0.0714. The van der Waals surface area contributed by atoms with Crippen LogP contribution in [-0.2, 0) is 11.3 Å². The van der Waals surface area contributed by atoms with E-state index in [-0.39, 0.29) is 12.3 Å². The molecule has 0 atom stereocenters. The monoisotopic (exact) mass is 331 g/mol. The van der Waals surface area contributed by atoms with Crippen LogP contribution in [0.4, 0.5) is 5.69 Å². The summed E-state index contributed by atoms with van der Waals surface area (Å²) in [5.41, 5.74) is 7.51. The van der Waals surface area contributed by atoms with E-state index >= 15 is 0 Å². The van der Waals surface area contributed by atoms with E-state index in [2.05, 4.69) is 20.9 Å². The molecule has 1 aromatic heterocycles. The van der Waals surface area contributed by atoms with Gasteiger partial charge in [-0.2, -0.15) is 5.26 Å². The molecule has 20 heavy (non-hydrogen) atoms. The number of esters is 1. The number of nitrogens with zero attached hydrogens (tertiary/aromatic N) is 2. The number of carbonyl (C=O) groups is 1. The summed E-state index contributed by atoms with van der Waals surface area (Å²) in [4.78, 5) is 15.8. The second kappa shape index (κ2) is 6.17. The summed E-state index contributed by atoms with van der Waals surface area (Å²) >= 11 is 3.25. The molecule has 6 heteroatoms. The summed E-state index contributed by atoms with van der Waals surface area (Å²) in [6.45, 7) is 0.0667. The summed E-state index contributed by atoms with van der Waals surface area (Å²) in [7, 11) is 0. The van der Waals surface area contributed by atoms with Gasteiger partial charge in [-0.25, -0.2) is 9.78 Å². The maximum Gasteiger partial charge on any atom is 0.339 e. The Kier molecular flexibility index (Phi) is 4.33. The Labute approximate surface area is 124 Å². The first-order valence-electron chi connectivity index (χ1n) is 5.68. The van der Waals surface area contributed by atoms with Crippen LogP contribution < -0.4 is 5.73 Å². The zero-order chi connectivity index (χ0) is 14.5. The molecule has 0 aliphatic heterocycles. The Hall–Kier alpha value is -2.39. The van der Waals surface area contributed by atoms with Gasteiger partial charge in [-0.1, -0.05) is 6.07 Å². The van der Waals surface area contributed by atoms with Crippen molar-refractivity contribution in [3.8, 4) is 6.07 Å². The average Bonchev–Trinajstić information content (AvgIpc) is 2.48. The Bertz CT molecular complexity index is 695. The fourth-order valence-electron chi connectivity index (χ4n) is 1.56. The number of rotatable bonds is 3. The van der Waals surface area contributed by atoms with Gasteiger partial charge in [0.2, 0.25) is 0 Å². The Morgan fingerprint density at radius 3 is 3.00 bits per heavy atom. The first kappa shape index (κ1) is 14.0. The standard InChI is InChI=1S/C14H10BrN3O2/c15-13-11(2-1-3-12(13)17)14(19)20-8-9-4-5-18-10(6-9)7-16/h1-6H,8,17H2. The van der Waals surface area contributed by atoms with Gasteiger partial charge < -0.3 is 10.5 Å². The van der Waals surface area contributed by atoms with Crippen LogP contribution >= 0.6 is 15.9 Å². The van der Waals surface area contributed by atoms with Crippen LogP contribution in [0.15, 0.2) is 41.0 Å². The molecular weight excluding hydrogens is 322 g/mol. The summed E-state index contributed by atoms with van der Waals surface area (Å²) < 4.78 is 5.70. The lowest BCUT2D eigenvalue weighted by Gasteiger charge is -2.07. The van der Waals surface area contributed by atoms with Gasteiger partial charge in [0, 0.05) is 11.9 Å². The largest absolute Gasteiger partial charge is 0.457 e. The predicted molar refractivity (Wildman–Crippen MR) is 76.6 cm³/mol. The van der Waals surface area contributed by atoms with Gasteiger partial charge in [0.15, 0.2) is 0 Å². The van der Waals surface area contributed by atoms with Crippen LogP contribution in [0.1, 0.15) is 21.6 Å². The number of pyridine rings is 1. The van der Waals surface area contributed by atoms with Crippen molar-refractivity contribution in [1.82, 2.24) is 4.98 Å². The van der Waals surface area contributed by atoms with Gasteiger partial charge in [-0.15, -0.1) is 0 Å². The molecule has 2 N–H and O–H groups in total. The highest BCUT2D eigenvalue weighted by molar-refractivity contribution is 9.10. The second-order valence-corrected chi connectivity index (χ2v) is 4.74. The first-order chi connectivity index (χ1) is 9.61. The van der Waals surface area contributed by atoms with Crippen LogP contribution in [0.5, 0.6) is 0 Å². The molecule has 0 fully saturated rings. The van der Waals surface area contributed by atoms with E-state index in [0.717, 1.165) is 0 Å². The van der Waals surface area contributed by atoms with Crippen LogP contribution in [0, 0.1) is 11.3 Å². The van der Waals surface area contributed by atoms with E-state index < -0.39 is 5.97 Å². The molecule has 0 saturated carbocycles. The number of anilines is 1. The molecule has 0 amide bonds. The maximum absolute atomic E-state index is 12.0. The number of carbonyl (C=O) groups excluding carboxylic acids is 1. The van der Waals surface area contributed by atoms with Crippen molar-refractivity contribution >= 4 is 27.6 Å². The highest BCUT2D eigenvalue weighted by Gasteiger charge is 2.13. The molecule has 1 heterocycles. The Balaban J connectivity index is 2.09. The topological polar surface area (TPSA) is 89.0 Å². The molecule has 2 rings (SSSR count). The number of hydrogen-bond donors (Lipinski definition) is 1. The molecule has 0 aliphatic carbocycles. The molecule has 2 aromatic rings. The van der Waals surface area contributed by atoms with Crippen LogP contribution in [0.25, 0.3) is 0 Å². The lowest BCUT2D eigenvalue weighted by Crippen LogP contribution is -2.07. The van der Waals surface area contributed by atoms with Crippen LogP contribution in [0.2, 0.25) is 0 Å². The van der Waals surface area contributed by atoms with Crippen molar-refractivity contribution in [3.05, 3.63) is 57.8 Å². The third-order valence-corrected chi connectivity index (χ3v) is 3.44.